The van der Waals surface area contributed by atoms with Gasteiger partial charge in [0.25, 0.3) is 5.91 Å². The third-order valence-electron chi connectivity index (χ3n) is 4.75. The minimum atomic E-state index is -4.55. The molecule has 1 aliphatic heterocycles. The largest absolute Gasteiger partial charge is 0.416 e. The summed E-state index contributed by atoms with van der Waals surface area (Å²) >= 11 is 1.94. The maximum atomic E-state index is 14.0. The Morgan fingerprint density at radius 1 is 1.10 bits per heavy atom. The van der Waals surface area contributed by atoms with Crippen LogP contribution in [0.3, 0.4) is 0 Å². The quantitative estimate of drug-likeness (QED) is 0.478. The molecule has 0 radical (unpaired) electrons. The molecule has 0 bridgehead atoms. The van der Waals surface area contributed by atoms with Crippen LogP contribution in [0.1, 0.15) is 21.5 Å². The van der Waals surface area contributed by atoms with Crippen molar-refractivity contribution in [2.24, 2.45) is 0 Å². The predicted octanol–water partition coefficient (Wildman–Crippen LogP) is 4.45. The number of piperazine rings is 1. The Morgan fingerprint density at radius 3 is 2.45 bits per heavy atom. The summed E-state index contributed by atoms with van der Waals surface area (Å²) in [5.41, 5.74) is -0.618. The zero-order chi connectivity index (χ0) is 21.2. The number of halogens is 5. The van der Waals surface area contributed by atoms with E-state index in [-0.39, 0.29) is 11.3 Å². The lowest BCUT2D eigenvalue weighted by molar-refractivity contribution is -0.137. The second kappa shape index (κ2) is 8.97. The van der Waals surface area contributed by atoms with Crippen LogP contribution in [0.15, 0.2) is 36.4 Å². The first-order chi connectivity index (χ1) is 13.6. The number of anilines is 1. The van der Waals surface area contributed by atoms with Gasteiger partial charge < -0.3 is 10.2 Å². The van der Waals surface area contributed by atoms with Gasteiger partial charge in [0.05, 0.1) is 11.1 Å². The third kappa shape index (κ3) is 5.89. The molecule has 1 saturated heterocycles. The minimum absolute atomic E-state index is 0.00721. The minimum Gasteiger partial charge on any atom is -0.322 e. The van der Waals surface area contributed by atoms with Crippen molar-refractivity contribution in [2.75, 3.05) is 38.5 Å². The molecule has 2 aromatic rings. The van der Waals surface area contributed by atoms with Gasteiger partial charge in [0.2, 0.25) is 0 Å². The standard InChI is InChI=1S/C20H20F4IN3O/c1-27-4-6-28(7-5-27)12-13-8-14(20(22,23)24)10-16(9-13)26-19(29)17-11-15(25)2-3-18(17)21/h2-3,8-11H,4-7,12H2,1H3,(H,26,29). The molecule has 1 amide bonds. The van der Waals surface area contributed by atoms with E-state index in [4.69, 9.17) is 0 Å². The second-order valence-electron chi connectivity index (χ2n) is 7.07. The fourth-order valence-electron chi connectivity index (χ4n) is 3.15. The summed E-state index contributed by atoms with van der Waals surface area (Å²) in [6, 6.07) is 7.49. The van der Waals surface area contributed by atoms with Crippen LogP contribution < -0.4 is 5.32 Å². The molecule has 1 N–H and O–H groups in total. The van der Waals surface area contributed by atoms with Gasteiger partial charge in [-0.15, -0.1) is 0 Å². The molecule has 29 heavy (non-hydrogen) atoms. The molecule has 2 aromatic carbocycles. The van der Waals surface area contributed by atoms with E-state index in [1.165, 1.54) is 18.2 Å². The van der Waals surface area contributed by atoms with Gasteiger partial charge in [-0.2, -0.15) is 13.2 Å². The monoisotopic (exact) mass is 521 g/mol. The Labute approximate surface area is 180 Å². The molecular formula is C20H20F4IN3O. The van der Waals surface area contributed by atoms with Crippen LogP contribution in [0, 0.1) is 9.39 Å². The lowest BCUT2D eigenvalue weighted by Gasteiger charge is -2.32. The van der Waals surface area contributed by atoms with Crippen molar-refractivity contribution < 1.29 is 22.4 Å². The zero-order valence-corrected chi connectivity index (χ0v) is 17.8. The lowest BCUT2D eigenvalue weighted by Crippen LogP contribution is -2.43. The number of hydrogen-bond acceptors (Lipinski definition) is 3. The predicted molar refractivity (Wildman–Crippen MR) is 111 cm³/mol. The highest BCUT2D eigenvalue weighted by atomic mass is 127. The van der Waals surface area contributed by atoms with Crippen LogP contribution in [0.4, 0.5) is 23.2 Å². The van der Waals surface area contributed by atoms with Gasteiger partial charge in [-0.1, -0.05) is 0 Å². The molecular weight excluding hydrogens is 501 g/mol. The van der Waals surface area contributed by atoms with Crippen molar-refractivity contribution in [3.8, 4) is 0 Å². The van der Waals surface area contributed by atoms with Gasteiger partial charge >= 0.3 is 6.18 Å². The molecule has 0 aromatic heterocycles. The van der Waals surface area contributed by atoms with Crippen LogP contribution >= 0.6 is 22.6 Å². The molecule has 9 heteroatoms. The van der Waals surface area contributed by atoms with Crippen LogP contribution in [0.5, 0.6) is 0 Å². The number of nitrogens with zero attached hydrogens (tertiary/aromatic N) is 2. The number of nitrogens with one attached hydrogen (secondary N) is 1. The highest BCUT2D eigenvalue weighted by Gasteiger charge is 2.31. The Bertz CT molecular complexity index is 896. The van der Waals surface area contributed by atoms with Crippen molar-refractivity contribution in [1.29, 1.82) is 0 Å². The van der Waals surface area contributed by atoms with Gasteiger partial charge in [-0.05, 0) is 71.6 Å². The first-order valence-electron chi connectivity index (χ1n) is 9.00. The molecule has 156 valence electrons. The van der Waals surface area contributed by atoms with E-state index in [1.807, 2.05) is 29.6 Å². The fraction of sp³-hybridized carbons (Fsp3) is 0.350. The van der Waals surface area contributed by atoms with Gasteiger partial charge in [0.1, 0.15) is 5.82 Å². The zero-order valence-electron chi connectivity index (χ0n) is 15.7. The van der Waals surface area contributed by atoms with Gasteiger partial charge in [-0.3, -0.25) is 9.69 Å². The van der Waals surface area contributed by atoms with Crippen molar-refractivity contribution in [3.63, 3.8) is 0 Å². The van der Waals surface area contributed by atoms with Crippen LogP contribution in [-0.4, -0.2) is 48.9 Å². The van der Waals surface area contributed by atoms with Crippen molar-refractivity contribution in [1.82, 2.24) is 9.80 Å². The Balaban J connectivity index is 1.85. The molecule has 0 saturated carbocycles. The van der Waals surface area contributed by atoms with Crippen molar-refractivity contribution in [3.05, 3.63) is 62.5 Å². The van der Waals surface area contributed by atoms with Crippen LogP contribution in [0.25, 0.3) is 0 Å². The maximum Gasteiger partial charge on any atom is 0.416 e. The summed E-state index contributed by atoms with van der Waals surface area (Å²) in [5, 5.41) is 2.41. The van der Waals surface area contributed by atoms with Crippen LogP contribution in [0.2, 0.25) is 0 Å². The smallest absolute Gasteiger partial charge is 0.322 e. The topological polar surface area (TPSA) is 35.6 Å². The third-order valence-corrected chi connectivity index (χ3v) is 5.42. The number of amides is 1. The van der Waals surface area contributed by atoms with Crippen LogP contribution in [-0.2, 0) is 12.7 Å². The van der Waals surface area contributed by atoms with Crippen molar-refractivity contribution in [2.45, 2.75) is 12.7 Å². The van der Waals surface area contributed by atoms with E-state index in [2.05, 4.69) is 15.1 Å². The number of carbonyl (C=O) groups is 1. The summed E-state index contributed by atoms with van der Waals surface area (Å²) < 4.78 is 54.7. The second-order valence-corrected chi connectivity index (χ2v) is 8.32. The highest BCUT2D eigenvalue weighted by Crippen LogP contribution is 2.32. The number of alkyl halides is 3. The first-order valence-corrected chi connectivity index (χ1v) is 10.1. The van der Waals surface area contributed by atoms with Gasteiger partial charge in [-0.25, -0.2) is 4.39 Å². The normalized spacial score (nSPS) is 16.1. The van der Waals surface area contributed by atoms with E-state index >= 15 is 0 Å². The molecule has 3 rings (SSSR count). The van der Waals surface area contributed by atoms with Gasteiger partial charge in [0, 0.05) is 42.0 Å². The van der Waals surface area contributed by atoms with E-state index in [1.54, 1.807) is 0 Å². The summed E-state index contributed by atoms with van der Waals surface area (Å²) in [5.74, 6) is -1.52. The number of carbonyl (C=O) groups excluding carboxylic acids is 1. The SMILES string of the molecule is CN1CCN(Cc2cc(NC(=O)c3cc(I)ccc3F)cc(C(F)(F)F)c2)CC1. The molecule has 0 atom stereocenters. The summed E-state index contributed by atoms with van der Waals surface area (Å²) in [6.45, 7) is 3.53. The van der Waals surface area contributed by atoms with Gasteiger partial charge in [0.15, 0.2) is 0 Å². The molecule has 1 heterocycles. The average molecular weight is 521 g/mol. The van der Waals surface area contributed by atoms with E-state index < -0.39 is 23.5 Å². The number of likely N-dealkylation sites (N-methyl/N-ethyl adjacent to an activating group) is 1. The first kappa shape index (κ1) is 22.0. The molecule has 0 aliphatic carbocycles. The molecule has 1 fully saturated rings. The number of rotatable bonds is 4. The number of hydrogen-bond donors (Lipinski definition) is 1. The molecule has 1 aliphatic rings. The molecule has 0 unspecified atom stereocenters. The Morgan fingerprint density at radius 2 is 1.79 bits per heavy atom. The van der Waals surface area contributed by atoms with E-state index in [9.17, 15) is 22.4 Å². The average Bonchev–Trinajstić information content (AvgIpc) is 2.64. The highest BCUT2D eigenvalue weighted by molar-refractivity contribution is 14.1. The molecule has 4 nitrogen and oxygen atoms in total. The fourth-order valence-corrected chi connectivity index (χ4v) is 3.64. The molecule has 0 spiro atoms. The van der Waals surface area contributed by atoms with Crippen molar-refractivity contribution >= 4 is 34.2 Å². The lowest BCUT2D eigenvalue weighted by atomic mass is 10.1. The Hall–Kier alpha value is -1.72. The summed E-state index contributed by atoms with van der Waals surface area (Å²) in [4.78, 5) is 16.7. The van der Waals surface area contributed by atoms with E-state index in [0.29, 0.717) is 15.7 Å². The summed E-state index contributed by atoms with van der Waals surface area (Å²) in [7, 11) is 2.00. The Kier molecular flexibility index (Phi) is 6.79. The van der Waals surface area contributed by atoms with E-state index in [0.717, 1.165) is 44.4 Å². The maximum absolute atomic E-state index is 14.0. The number of benzene rings is 2. The summed E-state index contributed by atoms with van der Waals surface area (Å²) in [6.07, 6.45) is -4.55.